The molecule has 2 rings (SSSR count). The summed E-state index contributed by atoms with van der Waals surface area (Å²) in [6, 6.07) is 1.95. The lowest BCUT2D eigenvalue weighted by Crippen LogP contribution is -2.37. The summed E-state index contributed by atoms with van der Waals surface area (Å²) in [7, 11) is 0. The largest absolute Gasteiger partial charge is 0.356 e. The number of hydrogen-bond acceptors (Lipinski definition) is 5. The fourth-order valence-electron chi connectivity index (χ4n) is 2.15. The lowest BCUT2D eigenvalue weighted by atomic mass is 10.1. The molecule has 7 heteroatoms. The number of halogens is 1. The predicted molar refractivity (Wildman–Crippen MR) is 91.7 cm³/mol. The minimum absolute atomic E-state index is 0.00232. The van der Waals surface area contributed by atoms with Crippen LogP contribution in [-0.2, 0) is 4.79 Å². The Balaban J connectivity index is 1.93. The second kappa shape index (κ2) is 8.02. The van der Waals surface area contributed by atoms with E-state index >= 15 is 0 Å². The molecule has 1 unspecified atom stereocenters. The van der Waals surface area contributed by atoms with Crippen LogP contribution in [0.1, 0.15) is 33.6 Å². The summed E-state index contributed by atoms with van der Waals surface area (Å²) in [5.41, 5.74) is 0. The monoisotopic (exact) mass is 342 g/mol. The number of thioether (sulfide) groups is 1. The fraction of sp³-hybridized carbons (Fsp3) is 0.667. The number of nitrogens with zero attached hydrogens (tertiary/aromatic N) is 3. The lowest BCUT2D eigenvalue weighted by Gasteiger charge is -2.18. The van der Waals surface area contributed by atoms with Crippen LogP contribution in [0.4, 0.5) is 5.82 Å². The molecule has 1 aliphatic heterocycles. The van der Waals surface area contributed by atoms with E-state index in [4.69, 9.17) is 11.6 Å². The van der Waals surface area contributed by atoms with Gasteiger partial charge in [0.15, 0.2) is 5.16 Å². The number of anilines is 1. The SMILES string of the molecule is CC(C)C(C)NC(=O)CSc1nc(Cl)cc(N2CCCC2)n1. The Hall–Kier alpha value is -1.01. The maximum atomic E-state index is 11.9. The number of nitrogens with one attached hydrogen (secondary N) is 1. The summed E-state index contributed by atoms with van der Waals surface area (Å²) < 4.78 is 0. The molecule has 0 bridgehead atoms. The third-order valence-electron chi connectivity index (χ3n) is 3.81. The molecule has 5 nitrogen and oxygen atoms in total. The van der Waals surface area contributed by atoms with E-state index in [9.17, 15) is 4.79 Å². The van der Waals surface area contributed by atoms with E-state index in [-0.39, 0.29) is 11.9 Å². The average molecular weight is 343 g/mol. The summed E-state index contributed by atoms with van der Waals surface area (Å²) in [6.45, 7) is 8.18. The first-order chi connectivity index (χ1) is 10.5. The molecule has 0 radical (unpaired) electrons. The van der Waals surface area contributed by atoms with Crippen molar-refractivity contribution in [2.24, 2.45) is 5.92 Å². The van der Waals surface area contributed by atoms with Crippen LogP contribution >= 0.6 is 23.4 Å². The van der Waals surface area contributed by atoms with Gasteiger partial charge in [0.1, 0.15) is 11.0 Å². The predicted octanol–water partition coefficient (Wildman–Crippen LogP) is 2.98. The third kappa shape index (κ3) is 5.02. The molecule has 1 saturated heterocycles. The standard InChI is InChI=1S/C15H23ClN4OS/c1-10(2)11(3)17-14(21)9-22-15-18-12(16)8-13(19-15)20-6-4-5-7-20/h8,10-11H,4-7,9H2,1-3H3,(H,17,21). The Bertz CT molecular complexity index is 520. The molecule has 1 atom stereocenters. The van der Waals surface area contributed by atoms with Crippen molar-refractivity contribution in [3.8, 4) is 0 Å². The molecule has 1 aliphatic rings. The van der Waals surface area contributed by atoms with Gasteiger partial charge in [-0.1, -0.05) is 37.2 Å². The van der Waals surface area contributed by atoms with Crippen molar-refractivity contribution in [2.45, 2.75) is 44.8 Å². The van der Waals surface area contributed by atoms with Crippen LogP contribution in [0, 0.1) is 5.92 Å². The van der Waals surface area contributed by atoms with Crippen LogP contribution < -0.4 is 10.2 Å². The second-order valence-electron chi connectivity index (χ2n) is 5.91. The van der Waals surface area contributed by atoms with Gasteiger partial charge >= 0.3 is 0 Å². The molecule has 0 spiro atoms. The maximum absolute atomic E-state index is 11.9. The molecule has 22 heavy (non-hydrogen) atoms. The Labute approximate surface area is 141 Å². The van der Waals surface area contributed by atoms with Crippen LogP contribution in [0.3, 0.4) is 0 Å². The smallest absolute Gasteiger partial charge is 0.230 e. The number of rotatable bonds is 6. The van der Waals surface area contributed by atoms with Gasteiger partial charge in [0.05, 0.1) is 5.75 Å². The minimum atomic E-state index is -0.00232. The number of hydrogen-bond donors (Lipinski definition) is 1. The number of aromatic nitrogens is 2. The van der Waals surface area contributed by atoms with Gasteiger partial charge in [0.25, 0.3) is 0 Å². The minimum Gasteiger partial charge on any atom is -0.356 e. The van der Waals surface area contributed by atoms with Crippen LogP contribution in [0.15, 0.2) is 11.2 Å². The van der Waals surface area contributed by atoms with Gasteiger partial charge in [-0.25, -0.2) is 9.97 Å². The molecule has 122 valence electrons. The fourth-order valence-corrected chi connectivity index (χ4v) is 3.04. The Morgan fingerprint density at radius 1 is 1.36 bits per heavy atom. The summed E-state index contributed by atoms with van der Waals surface area (Å²) in [5, 5.41) is 3.96. The lowest BCUT2D eigenvalue weighted by molar-refractivity contribution is -0.119. The van der Waals surface area contributed by atoms with Crippen molar-refractivity contribution in [2.75, 3.05) is 23.7 Å². The van der Waals surface area contributed by atoms with Crippen molar-refractivity contribution in [3.05, 3.63) is 11.2 Å². The van der Waals surface area contributed by atoms with E-state index in [1.165, 1.54) is 24.6 Å². The maximum Gasteiger partial charge on any atom is 0.230 e. The quantitative estimate of drug-likeness (QED) is 0.489. The molecule has 1 amide bonds. The van der Waals surface area contributed by atoms with Crippen LogP contribution in [-0.4, -0.2) is 40.8 Å². The van der Waals surface area contributed by atoms with Gasteiger partial charge in [-0.05, 0) is 25.7 Å². The Morgan fingerprint density at radius 2 is 2.05 bits per heavy atom. The third-order valence-corrected chi connectivity index (χ3v) is 4.85. The van der Waals surface area contributed by atoms with Crippen molar-refractivity contribution in [1.82, 2.24) is 15.3 Å². The Morgan fingerprint density at radius 3 is 2.68 bits per heavy atom. The molecule has 0 aliphatic carbocycles. The van der Waals surface area contributed by atoms with Crippen molar-refractivity contribution in [3.63, 3.8) is 0 Å². The molecule has 1 aromatic rings. The first-order valence-electron chi connectivity index (χ1n) is 7.67. The zero-order valence-electron chi connectivity index (χ0n) is 13.3. The summed E-state index contributed by atoms with van der Waals surface area (Å²) >= 11 is 7.40. The molecular formula is C15H23ClN4OS. The highest BCUT2D eigenvalue weighted by Gasteiger charge is 2.16. The van der Waals surface area contributed by atoms with Gasteiger partial charge < -0.3 is 10.2 Å². The van der Waals surface area contributed by atoms with Gasteiger partial charge in [-0.3, -0.25) is 4.79 Å². The zero-order chi connectivity index (χ0) is 16.1. The highest BCUT2D eigenvalue weighted by molar-refractivity contribution is 7.99. The molecule has 1 fully saturated rings. The van der Waals surface area contributed by atoms with Crippen molar-refractivity contribution < 1.29 is 4.79 Å². The molecule has 0 saturated carbocycles. The van der Waals surface area contributed by atoms with E-state index in [0.29, 0.717) is 22.0 Å². The molecular weight excluding hydrogens is 320 g/mol. The van der Waals surface area contributed by atoms with Gasteiger partial charge in [0, 0.05) is 25.2 Å². The highest BCUT2D eigenvalue weighted by Crippen LogP contribution is 2.24. The topological polar surface area (TPSA) is 58.1 Å². The molecule has 2 heterocycles. The molecule has 1 N–H and O–H groups in total. The van der Waals surface area contributed by atoms with Crippen LogP contribution in [0.2, 0.25) is 5.15 Å². The van der Waals surface area contributed by atoms with E-state index in [2.05, 4.69) is 34.0 Å². The first-order valence-corrected chi connectivity index (χ1v) is 9.03. The number of carbonyl (C=O) groups is 1. The summed E-state index contributed by atoms with van der Waals surface area (Å²) in [6.07, 6.45) is 2.36. The van der Waals surface area contributed by atoms with E-state index < -0.39 is 0 Å². The van der Waals surface area contributed by atoms with Crippen LogP contribution in [0.5, 0.6) is 0 Å². The average Bonchev–Trinajstić information content (AvgIpc) is 2.98. The highest BCUT2D eigenvalue weighted by atomic mass is 35.5. The Kier molecular flexibility index (Phi) is 6.32. The van der Waals surface area contributed by atoms with Gasteiger partial charge in [0.2, 0.25) is 5.91 Å². The molecule has 0 aromatic carbocycles. The normalized spacial score (nSPS) is 16.1. The summed E-state index contributed by atoms with van der Waals surface area (Å²) in [4.78, 5) is 22.9. The zero-order valence-corrected chi connectivity index (χ0v) is 14.9. The van der Waals surface area contributed by atoms with E-state index in [0.717, 1.165) is 18.9 Å². The van der Waals surface area contributed by atoms with Gasteiger partial charge in [-0.15, -0.1) is 0 Å². The van der Waals surface area contributed by atoms with Gasteiger partial charge in [-0.2, -0.15) is 0 Å². The van der Waals surface area contributed by atoms with Crippen molar-refractivity contribution >= 4 is 35.1 Å². The number of amides is 1. The first kappa shape index (κ1) is 17.3. The van der Waals surface area contributed by atoms with Crippen LogP contribution in [0.25, 0.3) is 0 Å². The number of carbonyl (C=O) groups excluding carboxylic acids is 1. The van der Waals surface area contributed by atoms with Crippen molar-refractivity contribution in [1.29, 1.82) is 0 Å². The summed E-state index contributed by atoms with van der Waals surface area (Å²) in [5.74, 6) is 1.57. The van der Waals surface area contributed by atoms with E-state index in [1.54, 1.807) is 6.07 Å². The van der Waals surface area contributed by atoms with E-state index in [1.807, 2.05) is 6.92 Å². The molecule has 1 aromatic heterocycles. The second-order valence-corrected chi connectivity index (χ2v) is 7.24.